The molecule has 2 atom stereocenters. The van der Waals surface area contributed by atoms with E-state index in [4.69, 9.17) is 4.74 Å². The first-order chi connectivity index (χ1) is 6.84. The summed E-state index contributed by atoms with van der Waals surface area (Å²) in [7, 11) is 0. The van der Waals surface area contributed by atoms with Crippen LogP contribution >= 0.6 is 0 Å². The molecule has 1 aliphatic heterocycles. The number of aromatic nitrogens is 1. The Morgan fingerprint density at radius 3 is 3.29 bits per heavy atom. The van der Waals surface area contributed by atoms with Gasteiger partial charge in [-0.05, 0) is 19.1 Å². The van der Waals surface area contributed by atoms with Crippen molar-refractivity contribution in [2.24, 2.45) is 0 Å². The predicted octanol–water partition coefficient (Wildman–Crippen LogP) is 2.44. The first-order valence-corrected chi connectivity index (χ1v) is 4.82. The SMILES string of the molecule is CC1=CC2c3ccncc3OC2C=C1. The first kappa shape index (κ1) is 7.80. The van der Waals surface area contributed by atoms with E-state index < -0.39 is 0 Å². The lowest BCUT2D eigenvalue weighted by molar-refractivity contribution is 0.267. The Labute approximate surface area is 82.9 Å². The van der Waals surface area contributed by atoms with E-state index in [0.29, 0.717) is 5.92 Å². The van der Waals surface area contributed by atoms with Crippen molar-refractivity contribution in [2.75, 3.05) is 0 Å². The molecule has 1 aromatic heterocycles. The van der Waals surface area contributed by atoms with E-state index in [1.165, 1.54) is 11.1 Å². The molecule has 2 unspecified atom stereocenters. The van der Waals surface area contributed by atoms with Gasteiger partial charge in [0.25, 0.3) is 0 Å². The van der Waals surface area contributed by atoms with Crippen molar-refractivity contribution < 1.29 is 4.74 Å². The van der Waals surface area contributed by atoms with Crippen molar-refractivity contribution in [2.45, 2.75) is 18.9 Å². The van der Waals surface area contributed by atoms with Crippen LogP contribution in [0.15, 0.2) is 42.3 Å². The molecule has 0 radical (unpaired) electrons. The highest BCUT2D eigenvalue weighted by molar-refractivity contribution is 5.46. The van der Waals surface area contributed by atoms with Gasteiger partial charge in [0.2, 0.25) is 0 Å². The fourth-order valence-corrected chi connectivity index (χ4v) is 2.09. The van der Waals surface area contributed by atoms with Crippen LogP contribution in [0.2, 0.25) is 0 Å². The average molecular weight is 185 g/mol. The van der Waals surface area contributed by atoms with Crippen molar-refractivity contribution >= 4 is 0 Å². The van der Waals surface area contributed by atoms with Crippen molar-refractivity contribution in [1.82, 2.24) is 4.98 Å². The van der Waals surface area contributed by atoms with Gasteiger partial charge in [-0.2, -0.15) is 0 Å². The number of allylic oxidation sites excluding steroid dienone is 2. The lowest BCUT2D eigenvalue weighted by Crippen LogP contribution is -2.16. The van der Waals surface area contributed by atoms with Gasteiger partial charge < -0.3 is 4.74 Å². The molecule has 0 spiro atoms. The molecule has 0 amide bonds. The highest BCUT2D eigenvalue weighted by Crippen LogP contribution is 2.41. The molecule has 2 nitrogen and oxygen atoms in total. The summed E-state index contributed by atoms with van der Waals surface area (Å²) in [6, 6.07) is 2.04. The molecule has 1 aliphatic carbocycles. The Balaban J connectivity index is 2.11. The van der Waals surface area contributed by atoms with E-state index in [2.05, 4.69) is 30.1 Å². The molecule has 2 heterocycles. The van der Waals surface area contributed by atoms with Crippen LogP contribution < -0.4 is 4.74 Å². The molecule has 3 rings (SSSR count). The fourth-order valence-electron chi connectivity index (χ4n) is 2.09. The predicted molar refractivity (Wildman–Crippen MR) is 54.3 cm³/mol. The maximum atomic E-state index is 5.77. The van der Waals surface area contributed by atoms with Crippen LogP contribution in [0, 0.1) is 0 Å². The Hall–Kier alpha value is -1.57. The molecule has 0 bridgehead atoms. The Bertz CT molecular complexity index is 434. The van der Waals surface area contributed by atoms with E-state index in [-0.39, 0.29) is 6.10 Å². The zero-order chi connectivity index (χ0) is 9.54. The van der Waals surface area contributed by atoms with E-state index in [9.17, 15) is 0 Å². The Morgan fingerprint density at radius 1 is 1.43 bits per heavy atom. The third kappa shape index (κ3) is 1.00. The van der Waals surface area contributed by atoms with Gasteiger partial charge in [0.05, 0.1) is 6.20 Å². The summed E-state index contributed by atoms with van der Waals surface area (Å²) < 4.78 is 5.77. The largest absolute Gasteiger partial charge is 0.483 e. The summed E-state index contributed by atoms with van der Waals surface area (Å²) in [5, 5.41) is 0. The van der Waals surface area contributed by atoms with E-state index >= 15 is 0 Å². The zero-order valence-electron chi connectivity index (χ0n) is 7.97. The van der Waals surface area contributed by atoms with E-state index in [1.54, 1.807) is 6.20 Å². The van der Waals surface area contributed by atoms with Gasteiger partial charge >= 0.3 is 0 Å². The third-order valence-electron chi connectivity index (χ3n) is 2.78. The van der Waals surface area contributed by atoms with Crippen LogP contribution in [-0.4, -0.2) is 11.1 Å². The smallest absolute Gasteiger partial charge is 0.142 e. The van der Waals surface area contributed by atoms with Gasteiger partial charge in [0.15, 0.2) is 0 Å². The number of hydrogen-bond acceptors (Lipinski definition) is 2. The number of fused-ring (bicyclic) bond motifs is 3. The Morgan fingerprint density at radius 2 is 2.36 bits per heavy atom. The summed E-state index contributed by atoms with van der Waals surface area (Å²) in [4.78, 5) is 4.06. The highest BCUT2D eigenvalue weighted by Gasteiger charge is 2.32. The summed E-state index contributed by atoms with van der Waals surface area (Å²) in [5.74, 6) is 1.32. The van der Waals surface area contributed by atoms with Crippen LogP contribution in [0.4, 0.5) is 0 Å². The zero-order valence-corrected chi connectivity index (χ0v) is 7.97. The average Bonchev–Trinajstić information content (AvgIpc) is 2.56. The monoisotopic (exact) mass is 185 g/mol. The van der Waals surface area contributed by atoms with Gasteiger partial charge in [-0.15, -0.1) is 0 Å². The highest BCUT2D eigenvalue weighted by atomic mass is 16.5. The van der Waals surface area contributed by atoms with Crippen LogP contribution in [-0.2, 0) is 0 Å². The molecule has 1 aromatic rings. The van der Waals surface area contributed by atoms with Crippen LogP contribution in [0.1, 0.15) is 18.4 Å². The van der Waals surface area contributed by atoms with Gasteiger partial charge in [0.1, 0.15) is 11.9 Å². The second kappa shape index (κ2) is 2.71. The third-order valence-corrected chi connectivity index (χ3v) is 2.78. The maximum Gasteiger partial charge on any atom is 0.142 e. The molecule has 0 aromatic carbocycles. The number of hydrogen-bond donors (Lipinski definition) is 0. The molecule has 0 saturated heterocycles. The number of nitrogens with zero attached hydrogens (tertiary/aromatic N) is 1. The van der Waals surface area contributed by atoms with Crippen LogP contribution in [0.5, 0.6) is 5.75 Å². The molecule has 70 valence electrons. The van der Waals surface area contributed by atoms with E-state index in [0.717, 1.165) is 5.75 Å². The van der Waals surface area contributed by atoms with Gasteiger partial charge in [-0.25, -0.2) is 0 Å². The summed E-state index contributed by atoms with van der Waals surface area (Å²) in [6.45, 7) is 2.12. The maximum absolute atomic E-state index is 5.77. The molecular formula is C12H11NO. The molecule has 0 N–H and O–H groups in total. The van der Waals surface area contributed by atoms with Crippen LogP contribution in [0.3, 0.4) is 0 Å². The molecule has 0 fully saturated rings. The molecule has 14 heavy (non-hydrogen) atoms. The fraction of sp³-hybridized carbons (Fsp3) is 0.250. The van der Waals surface area contributed by atoms with Crippen molar-refractivity contribution in [3.05, 3.63) is 47.8 Å². The molecule has 2 heteroatoms. The summed E-state index contributed by atoms with van der Waals surface area (Å²) in [5.41, 5.74) is 2.56. The summed E-state index contributed by atoms with van der Waals surface area (Å²) >= 11 is 0. The first-order valence-electron chi connectivity index (χ1n) is 4.82. The summed E-state index contributed by atoms with van der Waals surface area (Å²) in [6.07, 6.45) is 10.3. The quantitative estimate of drug-likeness (QED) is 0.619. The molecule has 2 aliphatic rings. The topological polar surface area (TPSA) is 22.1 Å². The minimum absolute atomic E-state index is 0.179. The van der Waals surface area contributed by atoms with Gasteiger partial charge in [-0.3, -0.25) is 4.98 Å². The molecule has 0 saturated carbocycles. The van der Waals surface area contributed by atoms with Crippen molar-refractivity contribution in [1.29, 1.82) is 0 Å². The van der Waals surface area contributed by atoms with Gasteiger partial charge in [0, 0.05) is 17.7 Å². The lowest BCUT2D eigenvalue weighted by atomic mass is 9.90. The normalized spacial score (nSPS) is 27.6. The number of pyridine rings is 1. The van der Waals surface area contributed by atoms with Crippen molar-refractivity contribution in [3.8, 4) is 5.75 Å². The Kier molecular flexibility index (Phi) is 1.51. The minimum atomic E-state index is 0.179. The van der Waals surface area contributed by atoms with Gasteiger partial charge in [-0.1, -0.05) is 17.7 Å². The number of rotatable bonds is 0. The lowest BCUT2D eigenvalue weighted by Gasteiger charge is -2.16. The second-order valence-corrected chi connectivity index (χ2v) is 3.79. The van der Waals surface area contributed by atoms with Crippen molar-refractivity contribution in [3.63, 3.8) is 0 Å². The second-order valence-electron chi connectivity index (χ2n) is 3.79. The standard InChI is InChI=1S/C12H11NO/c1-8-2-3-11-10(6-8)9-4-5-13-7-12(9)14-11/h2-7,10-11H,1H3. The van der Waals surface area contributed by atoms with E-state index in [1.807, 2.05) is 12.3 Å². The number of ether oxygens (including phenoxy) is 1. The molecular weight excluding hydrogens is 174 g/mol. The minimum Gasteiger partial charge on any atom is -0.483 e. The van der Waals surface area contributed by atoms with Crippen LogP contribution in [0.25, 0.3) is 0 Å².